The summed E-state index contributed by atoms with van der Waals surface area (Å²) in [4.78, 5) is 11.0. The predicted octanol–water partition coefficient (Wildman–Crippen LogP) is 6.25. The van der Waals surface area contributed by atoms with E-state index in [-0.39, 0.29) is 39.9 Å². The maximum Gasteiger partial charge on any atom is 0.416 e. The van der Waals surface area contributed by atoms with Gasteiger partial charge in [0.2, 0.25) is 0 Å². The summed E-state index contributed by atoms with van der Waals surface area (Å²) in [6.45, 7) is 0. The Morgan fingerprint density at radius 3 is 2.61 bits per heavy atom. The number of methoxy groups -OCH3 is 1. The van der Waals surface area contributed by atoms with E-state index in [1.165, 1.54) is 31.4 Å². The maximum absolute atomic E-state index is 13.1. The number of benzene rings is 3. The van der Waals surface area contributed by atoms with E-state index in [4.69, 9.17) is 4.74 Å². The lowest BCUT2D eigenvalue weighted by molar-refractivity contribution is -0.385. The van der Waals surface area contributed by atoms with Gasteiger partial charge in [0.05, 0.1) is 28.5 Å². The second-order valence-corrected chi connectivity index (χ2v) is 10.8. The van der Waals surface area contributed by atoms with Gasteiger partial charge in [-0.3, -0.25) is 14.8 Å². The molecular formula is C26H22F3N3O5S. The number of ether oxygens (including phenoxy) is 1. The quantitative estimate of drug-likeness (QED) is 0.215. The van der Waals surface area contributed by atoms with Crippen molar-refractivity contribution in [3.63, 3.8) is 0 Å². The minimum Gasteiger partial charge on any atom is -0.490 e. The Morgan fingerprint density at radius 2 is 1.89 bits per heavy atom. The molecule has 0 saturated heterocycles. The summed E-state index contributed by atoms with van der Waals surface area (Å²) >= 11 is 0. The van der Waals surface area contributed by atoms with E-state index in [1.807, 2.05) is 12.2 Å². The number of hydrogen-bond acceptors (Lipinski definition) is 6. The molecule has 2 N–H and O–H groups in total. The lowest BCUT2D eigenvalue weighted by atomic mass is 9.77. The topological polar surface area (TPSA) is 111 Å². The van der Waals surface area contributed by atoms with Crippen LogP contribution in [-0.4, -0.2) is 20.5 Å². The van der Waals surface area contributed by atoms with Crippen LogP contribution in [0.15, 0.2) is 77.7 Å². The fraction of sp³-hybridized carbons (Fsp3) is 0.231. The third-order valence-corrected chi connectivity index (χ3v) is 8.22. The Balaban J connectivity index is 1.47. The molecule has 0 amide bonds. The van der Waals surface area contributed by atoms with Crippen molar-refractivity contribution < 1.29 is 31.2 Å². The average molecular weight is 546 g/mol. The molecule has 0 spiro atoms. The molecule has 3 atom stereocenters. The van der Waals surface area contributed by atoms with Crippen molar-refractivity contribution in [3.05, 3.63) is 99.6 Å². The van der Waals surface area contributed by atoms with E-state index in [2.05, 4.69) is 10.0 Å². The van der Waals surface area contributed by atoms with Gasteiger partial charge in [-0.05, 0) is 65.9 Å². The SMILES string of the molecule is COc1ccc([C@H]2Nc3ccc(S(=O)(=O)Nc4cccc(C(F)(F)F)c4)cc3[C@H]3C=CC[C@H]32)cc1[N+](=O)[O-]. The number of nitro groups is 1. The number of nitrogens with zero attached hydrogens (tertiary/aromatic N) is 1. The molecule has 3 aromatic rings. The first-order chi connectivity index (χ1) is 18.0. The van der Waals surface area contributed by atoms with Crippen LogP contribution in [0.3, 0.4) is 0 Å². The highest BCUT2D eigenvalue weighted by molar-refractivity contribution is 7.92. The standard InChI is InChI=1S/C26H22F3N3O5S/c1-37-24-11-8-15(12-23(24)32(33)34)25-20-7-3-6-19(20)21-14-18(9-10-22(21)30-25)38(35,36)31-17-5-2-4-16(13-17)26(27,28)29/h2-6,8-14,19-20,25,30-31H,7H2,1H3/t19-,20+,25+/m0/s1. The molecule has 198 valence electrons. The number of nitrogens with one attached hydrogen (secondary N) is 2. The average Bonchev–Trinajstić information content (AvgIpc) is 3.37. The largest absolute Gasteiger partial charge is 0.490 e. The second-order valence-electron chi connectivity index (χ2n) is 9.10. The summed E-state index contributed by atoms with van der Waals surface area (Å²) in [7, 11) is -2.82. The second kappa shape index (κ2) is 9.35. The summed E-state index contributed by atoms with van der Waals surface area (Å²) in [6.07, 6.45) is 0.0235. The molecule has 0 saturated carbocycles. The molecule has 1 aliphatic heterocycles. The first-order valence-electron chi connectivity index (χ1n) is 11.6. The molecule has 0 radical (unpaired) electrons. The molecule has 2 aliphatic rings. The number of rotatable bonds is 6. The molecule has 0 unspecified atom stereocenters. The van der Waals surface area contributed by atoms with Gasteiger partial charge in [0.25, 0.3) is 10.0 Å². The first kappa shape index (κ1) is 25.6. The Morgan fingerprint density at radius 1 is 1.11 bits per heavy atom. The molecule has 1 heterocycles. The highest BCUT2D eigenvalue weighted by Crippen LogP contribution is 2.51. The number of sulfonamides is 1. The number of allylic oxidation sites excluding steroid dienone is 2. The van der Waals surface area contributed by atoms with Crippen molar-refractivity contribution in [1.82, 2.24) is 0 Å². The van der Waals surface area contributed by atoms with Gasteiger partial charge in [0.15, 0.2) is 5.75 Å². The summed E-state index contributed by atoms with van der Waals surface area (Å²) < 4.78 is 72.7. The van der Waals surface area contributed by atoms with Crippen LogP contribution in [0, 0.1) is 16.0 Å². The lowest BCUT2D eigenvalue weighted by Gasteiger charge is -2.37. The van der Waals surface area contributed by atoms with Gasteiger partial charge in [0.1, 0.15) is 0 Å². The van der Waals surface area contributed by atoms with Crippen LogP contribution in [0.2, 0.25) is 0 Å². The van der Waals surface area contributed by atoms with Crippen molar-refractivity contribution in [1.29, 1.82) is 0 Å². The van der Waals surface area contributed by atoms with E-state index in [0.717, 1.165) is 23.8 Å². The summed E-state index contributed by atoms with van der Waals surface area (Å²) in [5.41, 5.74) is 0.771. The van der Waals surface area contributed by atoms with E-state index >= 15 is 0 Å². The Labute approximate surface area is 216 Å². The summed E-state index contributed by atoms with van der Waals surface area (Å²) in [5.74, 6) is -0.0508. The Kier molecular flexibility index (Phi) is 6.30. The van der Waals surface area contributed by atoms with Crippen molar-refractivity contribution in [2.45, 2.75) is 29.5 Å². The number of halogens is 3. The lowest BCUT2D eigenvalue weighted by Crippen LogP contribution is -2.29. The van der Waals surface area contributed by atoms with Crippen LogP contribution >= 0.6 is 0 Å². The Hall–Kier alpha value is -4.06. The fourth-order valence-corrected chi connectivity index (χ4v) is 6.17. The monoisotopic (exact) mass is 545 g/mol. The maximum atomic E-state index is 13.1. The number of hydrogen-bond donors (Lipinski definition) is 2. The van der Waals surface area contributed by atoms with Gasteiger partial charge in [0, 0.05) is 23.4 Å². The van der Waals surface area contributed by atoms with E-state index in [0.29, 0.717) is 17.7 Å². The Bertz CT molecular complexity index is 1560. The van der Waals surface area contributed by atoms with Crippen LogP contribution in [0.4, 0.5) is 30.2 Å². The molecule has 5 rings (SSSR count). The summed E-state index contributed by atoms with van der Waals surface area (Å²) in [5, 5.41) is 14.9. The minimum absolute atomic E-state index is 0.0371. The molecule has 8 nitrogen and oxygen atoms in total. The molecule has 0 aromatic heterocycles. The molecule has 1 aliphatic carbocycles. The van der Waals surface area contributed by atoms with Gasteiger partial charge >= 0.3 is 11.9 Å². The molecule has 0 fully saturated rings. The first-order valence-corrected chi connectivity index (χ1v) is 13.1. The highest BCUT2D eigenvalue weighted by atomic mass is 32.2. The molecular weight excluding hydrogens is 523 g/mol. The van der Waals surface area contributed by atoms with E-state index < -0.39 is 26.7 Å². The minimum atomic E-state index is -4.61. The normalized spacial score (nSPS) is 20.3. The zero-order valence-corrected chi connectivity index (χ0v) is 20.7. The highest BCUT2D eigenvalue weighted by Gasteiger charge is 2.39. The van der Waals surface area contributed by atoms with Crippen molar-refractivity contribution in [2.24, 2.45) is 5.92 Å². The van der Waals surface area contributed by atoms with Crippen molar-refractivity contribution in [3.8, 4) is 5.75 Å². The van der Waals surface area contributed by atoms with E-state index in [9.17, 15) is 31.7 Å². The molecule has 12 heteroatoms. The fourth-order valence-electron chi connectivity index (χ4n) is 5.09. The molecule has 3 aromatic carbocycles. The van der Waals surface area contributed by atoms with Gasteiger partial charge < -0.3 is 10.1 Å². The van der Waals surface area contributed by atoms with Gasteiger partial charge in [-0.1, -0.05) is 24.3 Å². The number of alkyl halides is 3. The number of anilines is 2. The van der Waals surface area contributed by atoms with Crippen LogP contribution in [0.1, 0.15) is 35.1 Å². The van der Waals surface area contributed by atoms with Crippen LogP contribution < -0.4 is 14.8 Å². The van der Waals surface area contributed by atoms with Crippen molar-refractivity contribution in [2.75, 3.05) is 17.1 Å². The van der Waals surface area contributed by atoms with Crippen molar-refractivity contribution >= 4 is 27.1 Å². The number of fused-ring (bicyclic) bond motifs is 3. The van der Waals surface area contributed by atoms with Gasteiger partial charge in [-0.25, -0.2) is 8.42 Å². The van der Waals surface area contributed by atoms with E-state index in [1.54, 1.807) is 18.2 Å². The summed E-state index contributed by atoms with van der Waals surface area (Å²) in [6, 6.07) is 13.0. The van der Waals surface area contributed by atoms with Crippen LogP contribution in [0.25, 0.3) is 0 Å². The molecule has 0 bridgehead atoms. The third kappa shape index (κ3) is 4.67. The zero-order valence-electron chi connectivity index (χ0n) is 19.9. The van der Waals surface area contributed by atoms with Gasteiger partial charge in [-0.15, -0.1) is 0 Å². The zero-order chi connectivity index (χ0) is 27.2. The van der Waals surface area contributed by atoms with Crippen LogP contribution in [-0.2, 0) is 16.2 Å². The smallest absolute Gasteiger partial charge is 0.416 e. The van der Waals surface area contributed by atoms with Gasteiger partial charge in [-0.2, -0.15) is 13.2 Å². The predicted molar refractivity (Wildman–Crippen MR) is 135 cm³/mol. The number of nitro benzene ring substituents is 1. The molecule has 38 heavy (non-hydrogen) atoms. The van der Waals surface area contributed by atoms with Crippen LogP contribution in [0.5, 0.6) is 5.75 Å². The third-order valence-electron chi connectivity index (χ3n) is 6.85.